The molecule has 0 atom stereocenters. The van der Waals surface area contributed by atoms with Crippen LogP contribution in [0, 0.1) is 0 Å². The van der Waals surface area contributed by atoms with Crippen molar-refractivity contribution in [1.82, 2.24) is 0 Å². The van der Waals surface area contributed by atoms with E-state index in [0.29, 0.717) is 24.8 Å². The molecule has 5 heteroatoms. The number of rotatable bonds is 6. The first-order chi connectivity index (χ1) is 7.65. The van der Waals surface area contributed by atoms with Crippen molar-refractivity contribution in [3.05, 3.63) is 34.3 Å². The molecule has 0 aliphatic rings. The Morgan fingerprint density at radius 1 is 1.44 bits per heavy atom. The number of hydrogen-bond acceptors (Lipinski definition) is 3. The third kappa shape index (κ3) is 3.81. The van der Waals surface area contributed by atoms with Gasteiger partial charge in [-0.2, -0.15) is 0 Å². The Labute approximate surface area is 98.7 Å². The fraction of sp³-hybridized carbons (Fsp3) is 0.364. The van der Waals surface area contributed by atoms with Crippen LogP contribution in [0.25, 0.3) is 0 Å². The van der Waals surface area contributed by atoms with Gasteiger partial charge in [0, 0.05) is 12.1 Å². The Kier molecular flexibility index (Phi) is 5.25. The molecular weight excluding hydrogens is 232 g/mol. The van der Waals surface area contributed by atoms with Crippen LogP contribution in [0.15, 0.2) is 18.2 Å². The van der Waals surface area contributed by atoms with Crippen LogP contribution in [-0.4, -0.2) is 31.4 Å². The second-order valence-electron chi connectivity index (χ2n) is 3.16. The Morgan fingerprint density at radius 2 is 2.19 bits per heavy atom. The minimum atomic E-state index is -0.992. The number of carboxylic acid groups (broad SMARTS) is 1. The van der Waals surface area contributed by atoms with Gasteiger partial charge in [-0.1, -0.05) is 17.7 Å². The number of carboxylic acids is 1. The van der Waals surface area contributed by atoms with Crippen molar-refractivity contribution >= 4 is 17.6 Å². The Balaban J connectivity index is 2.57. The predicted octanol–water partition coefficient (Wildman–Crippen LogP) is 2.20. The van der Waals surface area contributed by atoms with Gasteiger partial charge in [0.25, 0.3) is 0 Å². The second-order valence-corrected chi connectivity index (χ2v) is 3.56. The molecule has 0 bridgehead atoms. The summed E-state index contributed by atoms with van der Waals surface area (Å²) in [7, 11) is 1.60. The molecule has 0 unspecified atom stereocenters. The zero-order valence-corrected chi connectivity index (χ0v) is 9.66. The molecule has 0 saturated heterocycles. The van der Waals surface area contributed by atoms with Gasteiger partial charge < -0.3 is 14.6 Å². The van der Waals surface area contributed by atoms with E-state index in [0.717, 1.165) is 5.56 Å². The summed E-state index contributed by atoms with van der Waals surface area (Å²) in [5.41, 5.74) is 0.938. The molecule has 0 aromatic heterocycles. The van der Waals surface area contributed by atoms with Crippen LogP contribution in [0.1, 0.15) is 15.9 Å². The summed E-state index contributed by atoms with van der Waals surface area (Å²) in [6.07, 6.45) is 0. The number of carbonyl (C=O) groups is 1. The first kappa shape index (κ1) is 13.0. The Morgan fingerprint density at radius 3 is 2.75 bits per heavy atom. The van der Waals surface area contributed by atoms with E-state index in [-0.39, 0.29) is 5.56 Å². The lowest BCUT2D eigenvalue weighted by Gasteiger charge is -2.06. The van der Waals surface area contributed by atoms with Gasteiger partial charge in [0.1, 0.15) is 0 Å². The summed E-state index contributed by atoms with van der Waals surface area (Å²) in [5.74, 6) is -0.992. The molecule has 4 nitrogen and oxygen atoms in total. The van der Waals surface area contributed by atoms with Gasteiger partial charge in [0.05, 0.1) is 25.4 Å². The van der Waals surface area contributed by atoms with Gasteiger partial charge in [-0.25, -0.2) is 4.79 Å². The lowest BCUT2D eigenvalue weighted by Crippen LogP contribution is -2.03. The van der Waals surface area contributed by atoms with E-state index in [4.69, 9.17) is 26.2 Å². The molecule has 0 fully saturated rings. The number of aromatic carboxylic acids is 1. The van der Waals surface area contributed by atoms with E-state index in [2.05, 4.69) is 0 Å². The van der Waals surface area contributed by atoms with Crippen molar-refractivity contribution in [2.45, 2.75) is 6.61 Å². The molecule has 0 radical (unpaired) electrons. The van der Waals surface area contributed by atoms with Crippen LogP contribution < -0.4 is 0 Å². The van der Waals surface area contributed by atoms with Gasteiger partial charge in [-0.15, -0.1) is 0 Å². The summed E-state index contributed by atoms with van der Waals surface area (Å²) in [6.45, 7) is 1.35. The minimum absolute atomic E-state index is 0.172. The zero-order chi connectivity index (χ0) is 12.0. The Hall–Kier alpha value is -1.10. The van der Waals surface area contributed by atoms with Crippen molar-refractivity contribution < 1.29 is 19.4 Å². The van der Waals surface area contributed by atoms with Crippen molar-refractivity contribution in [3.63, 3.8) is 0 Å². The van der Waals surface area contributed by atoms with Gasteiger partial charge >= 0.3 is 5.97 Å². The largest absolute Gasteiger partial charge is 0.478 e. The highest BCUT2D eigenvalue weighted by molar-refractivity contribution is 6.31. The van der Waals surface area contributed by atoms with Crippen LogP contribution in [0.3, 0.4) is 0 Å². The molecular formula is C11H13ClO4. The van der Waals surface area contributed by atoms with E-state index in [9.17, 15) is 4.79 Å². The maximum Gasteiger partial charge on any atom is 0.335 e. The summed E-state index contributed by atoms with van der Waals surface area (Å²) in [4.78, 5) is 10.7. The number of hydrogen-bond donors (Lipinski definition) is 1. The van der Waals surface area contributed by atoms with Crippen molar-refractivity contribution in [1.29, 1.82) is 0 Å². The van der Waals surface area contributed by atoms with Crippen LogP contribution in [-0.2, 0) is 16.1 Å². The van der Waals surface area contributed by atoms with Crippen LogP contribution in [0.4, 0.5) is 0 Å². The third-order valence-electron chi connectivity index (χ3n) is 1.99. The maximum atomic E-state index is 10.7. The van der Waals surface area contributed by atoms with E-state index in [1.54, 1.807) is 13.2 Å². The molecule has 1 aromatic carbocycles. The highest BCUT2D eigenvalue weighted by Gasteiger charge is 2.06. The smallest absolute Gasteiger partial charge is 0.335 e. The summed E-state index contributed by atoms with van der Waals surface area (Å²) in [6, 6.07) is 4.57. The fourth-order valence-corrected chi connectivity index (χ4v) is 1.36. The second kappa shape index (κ2) is 6.48. The van der Waals surface area contributed by atoms with Gasteiger partial charge in [0.2, 0.25) is 0 Å². The SMILES string of the molecule is COCCOCc1ccc(C(=O)O)cc1Cl. The molecule has 1 aromatic rings. The highest BCUT2D eigenvalue weighted by atomic mass is 35.5. The third-order valence-corrected chi connectivity index (χ3v) is 2.34. The first-order valence-electron chi connectivity index (χ1n) is 4.73. The number of methoxy groups -OCH3 is 1. The Bertz CT molecular complexity index is 365. The average molecular weight is 245 g/mol. The van der Waals surface area contributed by atoms with Crippen molar-refractivity contribution in [3.8, 4) is 0 Å². The fourth-order valence-electron chi connectivity index (χ4n) is 1.12. The molecule has 0 heterocycles. The zero-order valence-electron chi connectivity index (χ0n) is 8.90. The van der Waals surface area contributed by atoms with Gasteiger partial charge in [0.15, 0.2) is 0 Å². The van der Waals surface area contributed by atoms with E-state index < -0.39 is 5.97 Å². The maximum absolute atomic E-state index is 10.7. The number of benzene rings is 1. The van der Waals surface area contributed by atoms with E-state index in [1.165, 1.54) is 12.1 Å². The molecule has 0 saturated carbocycles. The average Bonchev–Trinajstić information content (AvgIpc) is 2.26. The summed E-state index contributed by atoms with van der Waals surface area (Å²) >= 11 is 5.91. The molecule has 0 spiro atoms. The standard InChI is InChI=1S/C11H13ClO4/c1-15-4-5-16-7-9-3-2-8(11(13)14)6-10(9)12/h2-3,6H,4-5,7H2,1H3,(H,13,14). The minimum Gasteiger partial charge on any atom is -0.478 e. The van der Waals surface area contributed by atoms with Gasteiger partial charge in [-0.3, -0.25) is 0 Å². The first-order valence-corrected chi connectivity index (χ1v) is 5.11. The van der Waals surface area contributed by atoms with Crippen molar-refractivity contribution in [2.24, 2.45) is 0 Å². The summed E-state index contributed by atoms with van der Waals surface area (Å²) < 4.78 is 10.1. The normalized spacial score (nSPS) is 10.4. The molecule has 0 amide bonds. The molecule has 1 N–H and O–H groups in total. The van der Waals surface area contributed by atoms with E-state index in [1.807, 2.05) is 0 Å². The lowest BCUT2D eigenvalue weighted by atomic mass is 10.1. The van der Waals surface area contributed by atoms with Crippen LogP contribution in [0.5, 0.6) is 0 Å². The topological polar surface area (TPSA) is 55.8 Å². The molecule has 0 aliphatic carbocycles. The number of halogens is 1. The van der Waals surface area contributed by atoms with Gasteiger partial charge in [-0.05, 0) is 17.7 Å². The predicted molar refractivity (Wildman–Crippen MR) is 59.9 cm³/mol. The van der Waals surface area contributed by atoms with Crippen molar-refractivity contribution in [2.75, 3.05) is 20.3 Å². The molecule has 16 heavy (non-hydrogen) atoms. The van der Waals surface area contributed by atoms with E-state index >= 15 is 0 Å². The van der Waals surface area contributed by atoms with Crippen LogP contribution in [0.2, 0.25) is 5.02 Å². The van der Waals surface area contributed by atoms with Crippen LogP contribution >= 0.6 is 11.6 Å². The molecule has 88 valence electrons. The quantitative estimate of drug-likeness (QED) is 0.780. The summed E-state index contributed by atoms with van der Waals surface area (Å²) in [5, 5.41) is 9.14. The molecule has 1 rings (SSSR count). The monoisotopic (exact) mass is 244 g/mol. The molecule has 0 aliphatic heterocycles. The number of ether oxygens (including phenoxy) is 2. The highest BCUT2D eigenvalue weighted by Crippen LogP contribution is 2.18. The lowest BCUT2D eigenvalue weighted by molar-refractivity contribution is 0.0616.